The van der Waals surface area contributed by atoms with E-state index in [1.807, 2.05) is 37.3 Å². The van der Waals surface area contributed by atoms with E-state index < -0.39 is 4.92 Å². The smallest absolute Gasteiger partial charge is 0.270 e. The van der Waals surface area contributed by atoms with Gasteiger partial charge in [0.05, 0.1) is 16.2 Å². The third-order valence-corrected chi connectivity index (χ3v) is 4.47. The lowest BCUT2D eigenvalue weighted by atomic mass is 10.1. The van der Waals surface area contributed by atoms with E-state index in [1.165, 1.54) is 24.3 Å². The lowest BCUT2D eigenvalue weighted by Crippen LogP contribution is -2.08. The van der Waals surface area contributed by atoms with Gasteiger partial charge in [-0.15, -0.1) is 0 Å². The molecule has 0 bridgehead atoms. The lowest BCUT2D eigenvalue weighted by Gasteiger charge is -2.06. The second-order valence-corrected chi connectivity index (χ2v) is 6.71. The third kappa shape index (κ3) is 4.10. The second kappa shape index (κ2) is 8.00. The van der Waals surface area contributed by atoms with Gasteiger partial charge < -0.3 is 9.73 Å². The molecule has 0 fully saturated rings. The van der Waals surface area contributed by atoms with Crippen LogP contribution in [0.4, 0.5) is 11.4 Å². The lowest BCUT2D eigenvalue weighted by molar-refractivity contribution is -0.384. The fourth-order valence-corrected chi connectivity index (χ4v) is 3.02. The van der Waals surface area contributed by atoms with E-state index in [1.54, 1.807) is 24.3 Å². The van der Waals surface area contributed by atoms with Crippen LogP contribution in [0.2, 0.25) is 0 Å². The topological polar surface area (TPSA) is 98.3 Å². The number of oxazole rings is 1. The molecule has 0 radical (unpaired) electrons. The Morgan fingerprint density at radius 2 is 1.93 bits per heavy atom. The summed E-state index contributed by atoms with van der Waals surface area (Å²) in [5.41, 5.74) is 4.23. The van der Waals surface area contributed by atoms with Crippen LogP contribution in [-0.4, -0.2) is 15.8 Å². The van der Waals surface area contributed by atoms with Gasteiger partial charge in [0.15, 0.2) is 5.58 Å². The average Bonchev–Trinajstić information content (AvgIpc) is 3.16. The number of aryl methyl sites for hydroxylation is 1. The second-order valence-electron chi connectivity index (χ2n) is 6.71. The van der Waals surface area contributed by atoms with Crippen LogP contribution in [0.1, 0.15) is 11.1 Å². The molecule has 0 spiro atoms. The summed E-state index contributed by atoms with van der Waals surface area (Å²) in [6.45, 7) is 1.98. The molecule has 7 nitrogen and oxygen atoms in total. The van der Waals surface area contributed by atoms with Crippen molar-refractivity contribution in [3.8, 4) is 11.5 Å². The highest BCUT2D eigenvalue weighted by atomic mass is 16.6. The molecule has 0 atom stereocenters. The van der Waals surface area contributed by atoms with Crippen molar-refractivity contribution in [1.82, 2.24) is 4.98 Å². The Morgan fingerprint density at radius 3 is 2.77 bits per heavy atom. The zero-order chi connectivity index (χ0) is 21.1. The highest BCUT2D eigenvalue weighted by Crippen LogP contribution is 2.30. The van der Waals surface area contributed by atoms with Gasteiger partial charge in [-0.3, -0.25) is 14.9 Å². The molecule has 1 heterocycles. The number of rotatable bonds is 5. The quantitative estimate of drug-likeness (QED) is 0.277. The number of anilines is 1. The van der Waals surface area contributed by atoms with Crippen molar-refractivity contribution in [2.45, 2.75) is 6.92 Å². The summed E-state index contributed by atoms with van der Waals surface area (Å²) in [7, 11) is 0. The molecule has 30 heavy (non-hydrogen) atoms. The van der Waals surface area contributed by atoms with Crippen molar-refractivity contribution in [2.24, 2.45) is 0 Å². The van der Waals surface area contributed by atoms with Crippen LogP contribution in [0, 0.1) is 17.0 Å². The molecular weight excluding hydrogens is 382 g/mol. The Bertz CT molecular complexity index is 1290. The van der Waals surface area contributed by atoms with Gasteiger partial charge in [-0.25, -0.2) is 4.98 Å². The molecule has 0 unspecified atom stereocenters. The average molecular weight is 399 g/mol. The standard InChI is InChI=1S/C23H17N3O4/c1-15-9-11-21-20(13-15)25-23(30-21)18-7-2-3-8-19(18)24-22(27)12-10-16-5-4-6-17(14-16)26(28)29/h2-14H,1H3,(H,24,27). The van der Waals surface area contributed by atoms with Crippen molar-refractivity contribution in [1.29, 1.82) is 0 Å². The number of aromatic nitrogens is 1. The summed E-state index contributed by atoms with van der Waals surface area (Å²) in [6, 6.07) is 19.0. The monoisotopic (exact) mass is 399 g/mol. The summed E-state index contributed by atoms with van der Waals surface area (Å²) < 4.78 is 5.85. The Kier molecular flexibility index (Phi) is 5.09. The molecule has 0 aliphatic carbocycles. The Hall–Kier alpha value is -4.26. The highest BCUT2D eigenvalue weighted by Gasteiger charge is 2.13. The number of nitrogens with zero attached hydrogens (tertiary/aromatic N) is 2. The number of amides is 1. The predicted molar refractivity (Wildman–Crippen MR) is 115 cm³/mol. The van der Waals surface area contributed by atoms with Crippen molar-refractivity contribution < 1.29 is 14.1 Å². The SMILES string of the molecule is Cc1ccc2oc(-c3ccccc3NC(=O)C=Cc3cccc([N+](=O)[O-])c3)nc2c1. The zero-order valence-electron chi connectivity index (χ0n) is 16.0. The first-order valence-corrected chi connectivity index (χ1v) is 9.20. The van der Waals surface area contributed by atoms with E-state index in [0.29, 0.717) is 28.3 Å². The van der Waals surface area contributed by atoms with E-state index in [2.05, 4.69) is 10.3 Å². The maximum Gasteiger partial charge on any atom is 0.270 e. The molecule has 4 rings (SSSR count). The van der Waals surface area contributed by atoms with Crippen molar-refractivity contribution in [3.63, 3.8) is 0 Å². The Labute approximate surface area is 171 Å². The zero-order valence-corrected chi connectivity index (χ0v) is 16.0. The van der Waals surface area contributed by atoms with Crippen LogP contribution in [0.25, 0.3) is 28.6 Å². The molecule has 0 aliphatic rings. The summed E-state index contributed by atoms with van der Waals surface area (Å²) in [5.74, 6) is 0.0371. The number of hydrogen-bond donors (Lipinski definition) is 1. The van der Waals surface area contributed by atoms with Gasteiger partial charge in [-0.1, -0.05) is 30.3 Å². The number of fused-ring (bicyclic) bond motifs is 1. The van der Waals surface area contributed by atoms with E-state index in [0.717, 1.165) is 11.1 Å². The molecule has 1 N–H and O–H groups in total. The van der Waals surface area contributed by atoms with Crippen LogP contribution in [0.15, 0.2) is 77.2 Å². The first kappa shape index (κ1) is 19.1. The van der Waals surface area contributed by atoms with Gasteiger partial charge in [0.2, 0.25) is 11.8 Å². The third-order valence-electron chi connectivity index (χ3n) is 4.47. The van der Waals surface area contributed by atoms with Crippen LogP contribution in [0.5, 0.6) is 0 Å². The van der Waals surface area contributed by atoms with E-state index >= 15 is 0 Å². The minimum absolute atomic E-state index is 0.0332. The normalized spacial score (nSPS) is 11.1. The van der Waals surface area contributed by atoms with Gasteiger partial charge >= 0.3 is 0 Å². The number of nitro benzene ring substituents is 1. The summed E-state index contributed by atoms with van der Waals surface area (Å²) in [4.78, 5) is 27.4. The Balaban J connectivity index is 1.57. The minimum Gasteiger partial charge on any atom is -0.436 e. The molecule has 0 saturated carbocycles. The first-order chi connectivity index (χ1) is 14.5. The van der Waals surface area contributed by atoms with Crippen LogP contribution < -0.4 is 5.32 Å². The number of hydrogen-bond acceptors (Lipinski definition) is 5. The van der Waals surface area contributed by atoms with Crippen molar-refractivity contribution in [3.05, 3.63) is 94.0 Å². The number of carbonyl (C=O) groups excluding carboxylic acids is 1. The van der Waals surface area contributed by atoms with E-state index in [4.69, 9.17) is 4.42 Å². The largest absolute Gasteiger partial charge is 0.436 e. The van der Waals surface area contributed by atoms with Crippen LogP contribution in [0.3, 0.4) is 0 Å². The summed E-state index contributed by atoms with van der Waals surface area (Å²) in [6.07, 6.45) is 2.85. The van der Waals surface area contributed by atoms with Crippen LogP contribution in [-0.2, 0) is 4.79 Å². The molecule has 4 aromatic rings. The van der Waals surface area contributed by atoms with E-state index in [9.17, 15) is 14.9 Å². The van der Waals surface area contributed by atoms with Gasteiger partial charge in [0, 0.05) is 18.2 Å². The Morgan fingerprint density at radius 1 is 1.10 bits per heavy atom. The van der Waals surface area contributed by atoms with Gasteiger partial charge in [0.1, 0.15) is 5.52 Å². The van der Waals surface area contributed by atoms with Gasteiger partial charge in [-0.2, -0.15) is 0 Å². The molecular formula is C23H17N3O4. The number of para-hydroxylation sites is 1. The number of carbonyl (C=O) groups is 1. The van der Waals surface area contributed by atoms with Gasteiger partial charge in [0.25, 0.3) is 5.69 Å². The first-order valence-electron chi connectivity index (χ1n) is 9.20. The fraction of sp³-hybridized carbons (Fsp3) is 0.0435. The highest BCUT2D eigenvalue weighted by molar-refractivity contribution is 6.04. The van der Waals surface area contributed by atoms with E-state index in [-0.39, 0.29) is 11.6 Å². The molecule has 0 aliphatic heterocycles. The van der Waals surface area contributed by atoms with Gasteiger partial charge in [-0.05, 0) is 48.4 Å². The minimum atomic E-state index is -0.477. The maximum absolute atomic E-state index is 12.4. The maximum atomic E-state index is 12.4. The molecule has 7 heteroatoms. The number of nitro groups is 1. The fourth-order valence-electron chi connectivity index (χ4n) is 3.02. The number of benzene rings is 3. The van der Waals surface area contributed by atoms with Crippen molar-refractivity contribution in [2.75, 3.05) is 5.32 Å². The summed E-state index contributed by atoms with van der Waals surface area (Å²) >= 11 is 0. The van der Waals surface area contributed by atoms with Crippen molar-refractivity contribution >= 4 is 34.5 Å². The molecule has 1 amide bonds. The number of nitrogens with one attached hydrogen (secondary N) is 1. The molecule has 148 valence electrons. The van der Waals surface area contributed by atoms with Crippen LogP contribution >= 0.6 is 0 Å². The predicted octanol–water partition coefficient (Wildman–Crippen LogP) is 5.36. The molecule has 1 aromatic heterocycles. The number of non-ortho nitro benzene ring substituents is 1. The summed E-state index contributed by atoms with van der Waals surface area (Å²) in [5, 5.41) is 13.7. The molecule has 0 saturated heterocycles. The molecule has 3 aromatic carbocycles.